The normalized spacial score (nSPS) is 20.4. The quantitative estimate of drug-likeness (QED) is 0.880. The highest BCUT2D eigenvalue weighted by molar-refractivity contribution is 7.99. The number of carboxylic acids is 1. The third-order valence-electron chi connectivity index (χ3n) is 3.62. The van der Waals surface area contributed by atoms with E-state index in [4.69, 9.17) is 9.84 Å². The zero-order chi connectivity index (χ0) is 16.2. The van der Waals surface area contributed by atoms with Crippen molar-refractivity contribution in [2.24, 2.45) is 0 Å². The van der Waals surface area contributed by atoms with E-state index < -0.39 is 12.0 Å². The molecule has 1 saturated heterocycles. The molecule has 1 aliphatic rings. The van der Waals surface area contributed by atoms with Gasteiger partial charge < -0.3 is 9.84 Å². The topological polar surface area (TPSA) is 58.6 Å². The first-order valence-electron chi connectivity index (χ1n) is 7.21. The van der Waals surface area contributed by atoms with Crippen LogP contribution in [-0.4, -0.2) is 22.9 Å². The Balaban J connectivity index is 1.74. The van der Waals surface area contributed by atoms with E-state index in [1.54, 1.807) is 18.2 Å². The van der Waals surface area contributed by atoms with Gasteiger partial charge in [0, 0.05) is 16.9 Å². The molecule has 2 unspecified atom stereocenters. The second-order valence-electron chi connectivity index (χ2n) is 5.19. The highest BCUT2D eigenvalue weighted by atomic mass is 32.2. The molecule has 0 aromatic heterocycles. The highest BCUT2D eigenvalue weighted by Gasteiger charge is 2.31. The summed E-state index contributed by atoms with van der Waals surface area (Å²) >= 11 is 1.52. The first-order chi connectivity index (χ1) is 11.1. The summed E-state index contributed by atoms with van der Waals surface area (Å²) in [4.78, 5) is 11.1. The van der Waals surface area contributed by atoms with Gasteiger partial charge in [0.1, 0.15) is 24.2 Å². The smallest absolute Gasteiger partial charge is 0.321 e. The molecule has 2 atom stereocenters. The monoisotopic (exact) mass is 333 g/mol. The van der Waals surface area contributed by atoms with Crippen LogP contribution in [-0.2, 0) is 11.4 Å². The van der Waals surface area contributed by atoms with Crippen LogP contribution in [0.2, 0.25) is 0 Å². The Morgan fingerprint density at radius 1 is 1.26 bits per heavy atom. The van der Waals surface area contributed by atoms with Gasteiger partial charge in [-0.15, -0.1) is 11.8 Å². The lowest BCUT2D eigenvalue weighted by molar-refractivity contribution is -0.138. The molecular formula is C17H16FNO3S. The number of halogens is 1. The van der Waals surface area contributed by atoms with Crippen LogP contribution < -0.4 is 10.1 Å². The highest BCUT2D eigenvalue weighted by Crippen LogP contribution is 2.37. The minimum atomic E-state index is -0.857. The molecule has 0 amide bonds. The van der Waals surface area contributed by atoms with E-state index in [-0.39, 0.29) is 17.8 Å². The fraction of sp³-hybridized carbons (Fsp3) is 0.235. The van der Waals surface area contributed by atoms with Crippen LogP contribution in [0.3, 0.4) is 0 Å². The predicted octanol–water partition coefficient (Wildman–Crippen LogP) is 3.19. The number of aliphatic carboxylic acids is 1. The molecule has 0 saturated carbocycles. The van der Waals surface area contributed by atoms with E-state index in [0.717, 1.165) is 5.56 Å². The molecule has 1 fully saturated rings. The Bertz CT molecular complexity index is 710. The van der Waals surface area contributed by atoms with E-state index in [0.29, 0.717) is 17.1 Å². The van der Waals surface area contributed by atoms with Crippen molar-refractivity contribution in [1.29, 1.82) is 0 Å². The summed E-state index contributed by atoms with van der Waals surface area (Å²) in [6.45, 7) is 0.128. The molecule has 0 bridgehead atoms. The van der Waals surface area contributed by atoms with Crippen molar-refractivity contribution in [3.63, 3.8) is 0 Å². The lowest BCUT2D eigenvalue weighted by Crippen LogP contribution is -2.33. The van der Waals surface area contributed by atoms with Crippen LogP contribution in [0.4, 0.5) is 4.39 Å². The van der Waals surface area contributed by atoms with Crippen LogP contribution in [0.1, 0.15) is 16.5 Å². The number of carboxylic acid groups (broad SMARTS) is 1. The first kappa shape index (κ1) is 15.8. The predicted molar refractivity (Wildman–Crippen MR) is 86.9 cm³/mol. The summed E-state index contributed by atoms with van der Waals surface area (Å²) in [6.07, 6.45) is 0. The molecule has 23 heavy (non-hydrogen) atoms. The third-order valence-corrected chi connectivity index (χ3v) is 4.87. The van der Waals surface area contributed by atoms with Gasteiger partial charge in [0.2, 0.25) is 0 Å². The minimum Gasteiger partial charge on any atom is -0.488 e. The third kappa shape index (κ3) is 3.65. The second-order valence-corrected chi connectivity index (χ2v) is 6.33. The van der Waals surface area contributed by atoms with Gasteiger partial charge in [-0.25, -0.2) is 4.39 Å². The fourth-order valence-corrected chi connectivity index (χ4v) is 3.65. The fourth-order valence-electron chi connectivity index (χ4n) is 2.39. The van der Waals surface area contributed by atoms with E-state index in [1.807, 2.05) is 24.3 Å². The number of hydrogen-bond acceptors (Lipinski definition) is 4. The molecule has 3 rings (SSSR count). The zero-order valence-electron chi connectivity index (χ0n) is 12.2. The minimum absolute atomic E-state index is 0.128. The van der Waals surface area contributed by atoms with Gasteiger partial charge in [-0.3, -0.25) is 10.1 Å². The van der Waals surface area contributed by atoms with Crippen molar-refractivity contribution in [3.05, 3.63) is 65.5 Å². The molecule has 0 spiro atoms. The number of para-hydroxylation sites is 1. The number of hydrogen-bond donors (Lipinski definition) is 2. The van der Waals surface area contributed by atoms with E-state index in [1.165, 1.54) is 17.8 Å². The number of ether oxygens (including phenoxy) is 1. The number of benzene rings is 2. The number of carbonyl (C=O) groups is 1. The van der Waals surface area contributed by atoms with Crippen LogP contribution >= 0.6 is 11.8 Å². The maximum atomic E-state index is 13.7. The van der Waals surface area contributed by atoms with Gasteiger partial charge in [-0.2, -0.15) is 0 Å². The Morgan fingerprint density at radius 2 is 2.00 bits per heavy atom. The molecule has 1 heterocycles. The lowest BCUT2D eigenvalue weighted by atomic mass is 10.2. The Labute approximate surface area is 137 Å². The van der Waals surface area contributed by atoms with Crippen molar-refractivity contribution < 1.29 is 19.0 Å². The van der Waals surface area contributed by atoms with Gasteiger partial charge >= 0.3 is 5.97 Å². The summed E-state index contributed by atoms with van der Waals surface area (Å²) in [6, 6.07) is 13.3. The lowest BCUT2D eigenvalue weighted by Gasteiger charge is -2.16. The molecule has 2 aromatic rings. The van der Waals surface area contributed by atoms with E-state index in [2.05, 4.69) is 5.32 Å². The standard InChI is InChI=1S/C17H16FNO3S/c18-13-7-3-1-5-11(13)9-22-15-8-4-2-6-12(15)16-19-14(10-23-16)17(20)21/h1-8,14,16,19H,9-10H2,(H,20,21). The maximum absolute atomic E-state index is 13.7. The van der Waals surface area contributed by atoms with Crippen molar-refractivity contribution in [2.45, 2.75) is 18.0 Å². The Morgan fingerprint density at radius 3 is 2.74 bits per heavy atom. The summed E-state index contributed by atoms with van der Waals surface area (Å²) in [5.74, 6) is -0.0254. The van der Waals surface area contributed by atoms with Gasteiger partial charge in [0.15, 0.2) is 0 Å². The Hall–Kier alpha value is -2.05. The number of rotatable bonds is 5. The van der Waals surface area contributed by atoms with Crippen molar-refractivity contribution in [1.82, 2.24) is 5.32 Å². The molecule has 2 N–H and O–H groups in total. The average molecular weight is 333 g/mol. The Kier molecular flexibility index (Phi) is 4.83. The summed E-state index contributed by atoms with van der Waals surface area (Å²) in [5, 5.41) is 12.0. The zero-order valence-corrected chi connectivity index (χ0v) is 13.1. The second kappa shape index (κ2) is 7.02. The summed E-state index contributed by atoms with van der Waals surface area (Å²) < 4.78 is 19.4. The summed E-state index contributed by atoms with van der Waals surface area (Å²) in [7, 11) is 0. The SMILES string of the molecule is O=C(O)C1CSC(c2ccccc2OCc2ccccc2F)N1. The van der Waals surface area contributed by atoms with Crippen molar-refractivity contribution in [3.8, 4) is 5.75 Å². The first-order valence-corrected chi connectivity index (χ1v) is 8.25. The van der Waals surface area contributed by atoms with Gasteiger partial charge in [0.05, 0.1) is 5.37 Å². The molecular weight excluding hydrogens is 317 g/mol. The van der Waals surface area contributed by atoms with Crippen LogP contribution in [0.25, 0.3) is 0 Å². The van der Waals surface area contributed by atoms with E-state index in [9.17, 15) is 9.18 Å². The number of nitrogens with one attached hydrogen (secondary N) is 1. The molecule has 4 nitrogen and oxygen atoms in total. The molecule has 2 aromatic carbocycles. The molecule has 1 aliphatic heterocycles. The van der Waals surface area contributed by atoms with Crippen molar-refractivity contribution in [2.75, 3.05) is 5.75 Å². The van der Waals surface area contributed by atoms with Crippen molar-refractivity contribution >= 4 is 17.7 Å². The van der Waals surface area contributed by atoms with Gasteiger partial charge in [0.25, 0.3) is 0 Å². The van der Waals surface area contributed by atoms with Gasteiger partial charge in [-0.05, 0) is 12.1 Å². The van der Waals surface area contributed by atoms with Crippen LogP contribution in [0, 0.1) is 5.82 Å². The molecule has 6 heteroatoms. The van der Waals surface area contributed by atoms with Crippen LogP contribution in [0.5, 0.6) is 5.75 Å². The summed E-state index contributed by atoms with van der Waals surface area (Å²) in [5.41, 5.74) is 1.36. The molecule has 120 valence electrons. The largest absolute Gasteiger partial charge is 0.488 e. The van der Waals surface area contributed by atoms with Crippen LogP contribution in [0.15, 0.2) is 48.5 Å². The molecule has 0 radical (unpaired) electrons. The van der Waals surface area contributed by atoms with E-state index >= 15 is 0 Å². The number of thioether (sulfide) groups is 1. The average Bonchev–Trinajstić information content (AvgIpc) is 3.04. The van der Waals surface area contributed by atoms with Gasteiger partial charge in [-0.1, -0.05) is 36.4 Å². The molecule has 0 aliphatic carbocycles. The maximum Gasteiger partial charge on any atom is 0.321 e.